The summed E-state index contributed by atoms with van der Waals surface area (Å²) in [6, 6.07) is 8.58. The van der Waals surface area contributed by atoms with E-state index in [2.05, 4.69) is 60.2 Å². The predicted molar refractivity (Wildman–Crippen MR) is 109 cm³/mol. The number of aliphatic imine (C=N–C) groups is 1. The maximum atomic E-state index is 9.83. The van der Waals surface area contributed by atoms with Crippen LogP contribution in [0.3, 0.4) is 0 Å². The van der Waals surface area contributed by atoms with Gasteiger partial charge >= 0.3 is 0 Å². The Labute approximate surface area is 163 Å². The van der Waals surface area contributed by atoms with Crippen LogP contribution in [0.4, 0.5) is 0 Å². The van der Waals surface area contributed by atoms with Gasteiger partial charge in [-0.15, -0.1) is 0 Å². The molecule has 2 aliphatic rings. The van der Waals surface area contributed by atoms with Crippen molar-refractivity contribution in [1.29, 1.82) is 0 Å². The van der Waals surface area contributed by atoms with E-state index in [4.69, 9.17) is 9.73 Å². The van der Waals surface area contributed by atoms with Crippen LogP contribution in [0, 0.1) is 0 Å². The predicted octanol–water partition coefficient (Wildman–Crippen LogP) is 1.83. The van der Waals surface area contributed by atoms with Gasteiger partial charge in [-0.05, 0) is 38.3 Å². The van der Waals surface area contributed by atoms with E-state index in [9.17, 15) is 5.11 Å². The first kappa shape index (κ1) is 20.1. The highest BCUT2D eigenvalue weighted by Gasteiger charge is 2.24. The normalized spacial score (nSPS) is 27.2. The van der Waals surface area contributed by atoms with Crippen LogP contribution in [-0.4, -0.2) is 71.9 Å². The molecule has 0 bridgehead atoms. The van der Waals surface area contributed by atoms with Gasteiger partial charge in [0.1, 0.15) is 0 Å². The lowest BCUT2D eigenvalue weighted by atomic mass is 10.1. The number of β-amino-alcohol motifs (C(OH)–C–C–N with tert-alkyl or cyclic N) is 1. The van der Waals surface area contributed by atoms with Crippen LogP contribution in [0.2, 0.25) is 0 Å². The van der Waals surface area contributed by atoms with Gasteiger partial charge in [0.25, 0.3) is 0 Å². The summed E-state index contributed by atoms with van der Waals surface area (Å²) in [7, 11) is 0. The van der Waals surface area contributed by atoms with Crippen LogP contribution < -0.4 is 5.32 Å². The number of ether oxygens (including phenoxy) is 1. The van der Waals surface area contributed by atoms with Gasteiger partial charge in [-0.1, -0.05) is 24.3 Å². The molecule has 3 rings (SSSR count). The molecule has 0 radical (unpaired) electrons. The van der Waals surface area contributed by atoms with Gasteiger partial charge in [-0.25, -0.2) is 4.99 Å². The minimum Gasteiger partial charge on any atom is -0.391 e. The number of morpholine rings is 1. The average molecular weight is 375 g/mol. The summed E-state index contributed by atoms with van der Waals surface area (Å²) in [5, 5.41) is 13.2. The zero-order valence-corrected chi connectivity index (χ0v) is 16.9. The molecule has 2 heterocycles. The SMILES string of the molecule is CCNC(=NCc1ccccc1CN1CC(C)OC(C)C1)N1CC[C@@H](O)C1. The Balaban J connectivity index is 1.69. The summed E-state index contributed by atoms with van der Waals surface area (Å²) in [5.41, 5.74) is 2.60. The number of nitrogens with one attached hydrogen (secondary N) is 1. The lowest BCUT2D eigenvalue weighted by molar-refractivity contribution is -0.0705. The van der Waals surface area contributed by atoms with Crippen LogP contribution in [0.25, 0.3) is 0 Å². The Bertz CT molecular complexity index is 626. The van der Waals surface area contributed by atoms with Crippen molar-refractivity contribution in [1.82, 2.24) is 15.1 Å². The third-order valence-corrected chi connectivity index (χ3v) is 5.20. The van der Waals surface area contributed by atoms with Crippen molar-refractivity contribution in [2.75, 3.05) is 32.7 Å². The molecule has 0 saturated carbocycles. The van der Waals surface area contributed by atoms with Crippen LogP contribution in [0.5, 0.6) is 0 Å². The lowest BCUT2D eigenvalue weighted by Gasteiger charge is -2.35. The molecule has 0 amide bonds. The van der Waals surface area contributed by atoms with Crippen LogP contribution in [0.15, 0.2) is 29.3 Å². The molecule has 0 aliphatic carbocycles. The molecular weight excluding hydrogens is 340 g/mol. The molecule has 2 N–H and O–H groups in total. The summed E-state index contributed by atoms with van der Waals surface area (Å²) in [6.45, 7) is 12.2. The summed E-state index contributed by atoms with van der Waals surface area (Å²) in [5.74, 6) is 0.900. The topological polar surface area (TPSA) is 60.3 Å². The number of benzene rings is 1. The largest absolute Gasteiger partial charge is 0.391 e. The van der Waals surface area contributed by atoms with E-state index < -0.39 is 0 Å². The van der Waals surface area contributed by atoms with Gasteiger partial charge in [0.15, 0.2) is 5.96 Å². The van der Waals surface area contributed by atoms with Crippen molar-refractivity contribution in [3.63, 3.8) is 0 Å². The number of hydrogen-bond donors (Lipinski definition) is 2. The van der Waals surface area contributed by atoms with Gasteiger partial charge in [-0.3, -0.25) is 4.90 Å². The molecule has 0 spiro atoms. The maximum absolute atomic E-state index is 9.83. The van der Waals surface area contributed by atoms with Crippen molar-refractivity contribution in [3.8, 4) is 0 Å². The third-order valence-electron chi connectivity index (χ3n) is 5.20. The fourth-order valence-electron chi connectivity index (χ4n) is 4.04. The molecule has 1 aromatic carbocycles. The van der Waals surface area contributed by atoms with Crippen molar-refractivity contribution in [3.05, 3.63) is 35.4 Å². The number of aliphatic hydroxyl groups is 1. The van der Waals surface area contributed by atoms with E-state index in [-0.39, 0.29) is 18.3 Å². The maximum Gasteiger partial charge on any atom is 0.194 e. The van der Waals surface area contributed by atoms with E-state index in [0.717, 1.165) is 45.1 Å². The number of likely N-dealkylation sites (tertiary alicyclic amines) is 1. The number of guanidine groups is 1. The first-order valence-electron chi connectivity index (χ1n) is 10.2. The average Bonchev–Trinajstić information content (AvgIpc) is 3.05. The first-order valence-corrected chi connectivity index (χ1v) is 10.2. The minimum atomic E-state index is -0.244. The molecule has 3 atom stereocenters. The highest BCUT2D eigenvalue weighted by molar-refractivity contribution is 5.80. The Morgan fingerprint density at radius 2 is 1.89 bits per heavy atom. The highest BCUT2D eigenvalue weighted by Crippen LogP contribution is 2.18. The van der Waals surface area contributed by atoms with E-state index >= 15 is 0 Å². The zero-order valence-electron chi connectivity index (χ0n) is 16.9. The minimum absolute atomic E-state index is 0.244. The highest BCUT2D eigenvalue weighted by atomic mass is 16.5. The third kappa shape index (κ3) is 5.67. The van der Waals surface area contributed by atoms with Crippen molar-refractivity contribution < 1.29 is 9.84 Å². The molecule has 6 heteroatoms. The van der Waals surface area contributed by atoms with Crippen molar-refractivity contribution >= 4 is 5.96 Å². The summed E-state index contributed by atoms with van der Waals surface area (Å²) in [6.07, 6.45) is 1.13. The summed E-state index contributed by atoms with van der Waals surface area (Å²) < 4.78 is 5.86. The van der Waals surface area contributed by atoms with Crippen LogP contribution in [0.1, 0.15) is 38.3 Å². The number of aliphatic hydroxyl groups excluding tert-OH is 1. The molecule has 1 aromatic rings. The summed E-state index contributed by atoms with van der Waals surface area (Å²) in [4.78, 5) is 9.49. The molecular formula is C21H34N4O2. The molecule has 2 unspecified atom stereocenters. The van der Waals surface area contributed by atoms with Gasteiger partial charge in [0.2, 0.25) is 0 Å². The molecule has 2 fully saturated rings. The van der Waals surface area contributed by atoms with Crippen LogP contribution in [-0.2, 0) is 17.8 Å². The van der Waals surface area contributed by atoms with Crippen molar-refractivity contribution in [2.45, 2.75) is 58.6 Å². The Morgan fingerprint density at radius 1 is 1.19 bits per heavy atom. The fraction of sp³-hybridized carbons (Fsp3) is 0.667. The van der Waals surface area contributed by atoms with Crippen LogP contribution >= 0.6 is 0 Å². The molecule has 2 aliphatic heterocycles. The van der Waals surface area contributed by atoms with Gasteiger partial charge in [-0.2, -0.15) is 0 Å². The Kier molecular flexibility index (Phi) is 7.10. The van der Waals surface area contributed by atoms with Gasteiger partial charge in [0, 0.05) is 39.3 Å². The second kappa shape index (κ2) is 9.53. The molecule has 2 saturated heterocycles. The standard InChI is InChI=1S/C21H34N4O2/c1-4-22-21(25-10-9-20(26)15-25)23-11-18-7-5-6-8-19(18)14-24-12-16(2)27-17(3)13-24/h5-8,16-17,20,26H,4,9-15H2,1-3H3,(H,22,23)/t16?,17?,20-/m1/s1. The number of hydrogen-bond acceptors (Lipinski definition) is 4. The molecule has 27 heavy (non-hydrogen) atoms. The second-order valence-electron chi connectivity index (χ2n) is 7.78. The van der Waals surface area contributed by atoms with Gasteiger partial charge in [0.05, 0.1) is 24.9 Å². The van der Waals surface area contributed by atoms with E-state index in [1.54, 1.807) is 0 Å². The quantitative estimate of drug-likeness (QED) is 0.608. The zero-order chi connectivity index (χ0) is 19.2. The van der Waals surface area contributed by atoms with E-state index in [1.165, 1.54) is 11.1 Å². The monoisotopic (exact) mass is 374 g/mol. The van der Waals surface area contributed by atoms with Gasteiger partial charge < -0.3 is 20.1 Å². The first-order chi connectivity index (χ1) is 13.0. The fourth-order valence-corrected chi connectivity index (χ4v) is 4.04. The molecule has 6 nitrogen and oxygen atoms in total. The van der Waals surface area contributed by atoms with E-state index in [0.29, 0.717) is 13.1 Å². The second-order valence-corrected chi connectivity index (χ2v) is 7.78. The summed E-state index contributed by atoms with van der Waals surface area (Å²) >= 11 is 0. The molecule has 150 valence electrons. The Hall–Kier alpha value is -1.63. The lowest BCUT2D eigenvalue weighted by Crippen LogP contribution is -2.44. The molecule has 0 aromatic heterocycles. The van der Waals surface area contributed by atoms with Crippen molar-refractivity contribution in [2.24, 2.45) is 4.99 Å². The smallest absolute Gasteiger partial charge is 0.194 e. The number of rotatable bonds is 5. The van der Waals surface area contributed by atoms with E-state index in [1.807, 2.05) is 0 Å². The number of nitrogens with zero attached hydrogens (tertiary/aromatic N) is 3. The Morgan fingerprint density at radius 3 is 2.52 bits per heavy atom.